The Hall–Kier alpha value is -1.77. The van der Waals surface area contributed by atoms with Crippen molar-refractivity contribution in [2.45, 2.75) is 25.7 Å². The van der Waals surface area contributed by atoms with Crippen LogP contribution in [0.1, 0.15) is 31.2 Å². The van der Waals surface area contributed by atoms with Gasteiger partial charge in [0.05, 0.1) is 9.93 Å². The van der Waals surface area contributed by atoms with E-state index in [-0.39, 0.29) is 19.1 Å². The monoisotopic (exact) mass is 413 g/mol. The average Bonchev–Trinajstić information content (AvgIpc) is 3.14. The van der Waals surface area contributed by atoms with E-state index in [4.69, 9.17) is 38.4 Å². The first-order chi connectivity index (χ1) is 12.5. The molecule has 1 fully saturated rings. The average molecular weight is 414 g/mol. The Labute approximate surface area is 165 Å². The molecule has 1 saturated heterocycles. The van der Waals surface area contributed by atoms with E-state index in [2.05, 4.69) is 0 Å². The highest BCUT2D eigenvalue weighted by Gasteiger charge is 2.31. The third-order valence-electron chi connectivity index (χ3n) is 3.89. The lowest BCUT2D eigenvalue weighted by atomic mass is 10.1. The highest BCUT2D eigenvalue weighted by molar-refractivity contribution is 8.26. The molecule has 0 aliphatic carbocycles. The number of carbonyl (C=O) groups is 2. The number of thiocarbonyl (C=S) groups is 1. The molecule has 138 valence electrons. The summed E-state index contributed by atoms with van der Waals surface area (Å²) in [4.78, 5) is 25.2. The lowest BCUT2D eigenvalue weighted by Crippen LogP contribution is -2.29. The van der Waals surface area contributed by atoms with Crippen molar-refractivity contribution >= 4 is 57.9 Å². The van der Waals surface area contributed by atoms with Crippen molar-refractivity contribution in [2.75, 3.05) is 13.3 Å². The first-order valence-electron chi connectivity index (χ1n) is 8.02. The fourth-order valence-electron chi connectivity index (χ4n) is 2.64. The Morgan fingerprint density at radius 1 is 1.35 bits per heavy atom. The van der Waals surface area contributed by atoms with Gasteiger partial charge in [0.2, 0.25) is 6.79 Å². The summed E-state index contributed by atoms with van der Waals surface area (Å²) in [6, 6.07) is 3.49. The van der Waals surface area contributed by atoms with Gasteiger partial charge in [-0.15, -0.1) is 0 Å². The predicted molar refractivity (Wildman–Crippen MR) is 104 cm³/mol. The maximum atomic E-state index is 12.6. The fourth-order valence-corrected chi connectivity index (χ4v) is 4.22. The van der Waals surface area contributed by atoms with Crippen LogP contribution >= 0.6 is 35.6 Å². The number of ether oxygens (including phenoxy) is 2. The molecule has 1 aromatic rings. The second-order valence-electron chi connectivity index (χ2n) is 5.77. The molecule has 0 aromatic heterocycles. The number of hydrogen-bond donors (Lipinski definition) is 1. The van der Waals surface area contributed by atoms with Crippen LogP contribution in [0.15, 0.2) is 17.0 Å². The number of carboxylic acids is 1. The van der Waals surface area contributed by atoms with Gasteiger partial charge in [-0.25, -0.2) is 0 Å². The third kappa shape index (κ3) is 4.31. The maximum absolute atomic E-state index is 12.6. The van der Waals surface area contributed by atoms with Gasteiger partial charge < -0.3 is 14.6 Å². The number of fused-ring (bicyclic) bond motifs is 1. The molecule has 1 aromatic carbocycles. The molecule has 0 spiro atoms. The minimum atomic E-state index is -0.805. The van der Waals surface area contributed by atoms with Crippen molar-refractivity contribution in [3.05, 3.63) is 27.6 Å². The number of carbonyl (C=O) groups excluding carboxylic acids is 1. The number of unbranched alkanes of at least 4 members (excludes halogenated alkanes) is 2. The first kappa shape index (κ1) is 19.0. The topological polar surface area (TPSA) is 76.1 Å². The molecular formula is C17H16ClNO5S2. The minimum absolute atomic E-state index is 0.127. The summed E-state index contributed by atoms with van der Waals surface area (Å²) in [5, 5.41) is 9.07. The molecule has 9 heteroatoms. The smallest absolute Gasteiger partial charge is 0.303 e. The zero-order valence-electron chi connectivity index (χ0n) is 13.7. The van der Waals surface area contributed by atoms with E-state index in [1.54, 1.807) is 23.1 Å². The number of aliphatic carboxylic acids is 1. The molecule has 2 aliphatic heterocycles. The van der Waals surface area contributed by atoms with Gasteiger partial charge in [0, 0.05) is 13.0 Å². The Bertz CT molecular complexity index is 796. The summed E-state index contributed by atoms with van der Waals surface area (Å²) in [5.74, 6) is 0.114. The van der Waals surface area contributed by atoms with Gasteiger partial charge in [-0.05, 0) is 36.6 Å². The van der Waals surface area contributed by atoms with Gasteiger partial charge in [0.1, 0.15) is 4.32 Å². The molecule has 0 unspecified atom stereocenters. The van der Waals surface area contributed by atoms with E-state index in [0.29, 0.717) is 45.1 Å². The number of carboxylic acid groups (broad SMARTS) is 1. The SMILES string of the molecule is O=C(O)CCCCCN1C(=O)/C(=C\c2cc(Cl)c3c(c2)OCO3)SC1=S. The van der Waals surface area contributed by atoms with Crippen molar-refractivity contribution in [3.8, 4) is 11.5 Å². The van der Waals surface area contributed by atoms with E-state index < -0.39 is 5.97 Å². The molecule has 2 aliphatic rings. The van der Waals surface area contributed by atoms with Crippen LogP contribution < -0.4 is 9.47 Å². The summed E-state index contributed by atoms with van der Waals surface area (Å²) in [6.07, 6.45) is 3.92. The first-order valence-corrected chi connectivity index (χ1v) is 9.62. The van der Waals surface area contributed by atoms with Crippen LogP contribution in [0.5, 0.6) is 11.5 Å². The molecule has 0 radical (unpaired) electrons. The van der Waals surface area contributed by atoms with Crippen LogP contribution in [-0.2, 0) is 9.59 Å². The highest BCUT2D eigenvalue weighted by Crippen LogP contribution is 2.41. The maximum Gasteiger partial charge on any atom is 0.303 e. The summed E-state index contributed by atoms with van der Waals surface area (Å²) < 4.78 is 11.1. The third-order valence-corrected chi connectivity index (χ3v) is 5.55. The summed E-state index contributed by atoms with van der Waals surface area (Å²) in [5.41, 5.74) is 0.737. The fraction of sp³-hybridized carbons (Fsp3) is 0.353. The summed E-state index contributed by atoms with van der Waals surface area (Å²) in [7, 11) is 0. The normalized spacial score (nSPS) is 17.4. The second-order valence-corrected chi connectivity index (χ2v) is 7.86. The standard InChI is InChI=1S/C17H16ClNO5S2/c18-11-6-10(7-12-15(11)24-9-23-12)8-13-16(22)19(17(25)26-13)5-3-1-2-4-14(20)21/h6-8H,1-5,9H2,(H,20,21)/b13-8+. The Kier molecular flexibility index (Phi) is 6.05. The van der Waals surface area contributed by atoms with E-state index >= 15 is 0 Å². The van der Waals surface area contributed by atoms with Gasteiger partial charge in [-0.3, -0.25) is 14.5 Å². The van der Waals surface area contributed by atoms with Gasteiger partial charge in [-0.1, -0.05) is 42.0 Å². The van der Waals surface area contributed by atoms with Crippen LogP contribution in [0.2, 0.25) is 5.02 Å². The number of benzene rings is 1. The van der Waals surface area contributed by atoms with Crippen molar-refractivity contribution in [3.63, 3.8) is 0 Å². The molecule has 26 heavy (non-hydrogen) atoms. The van der Waals surface area contributed by atoms with Gasteiger partial charge in [-0.2, -0.15) is 0 Å². The van der Waals surface area contributed by atoms with Gasteiger partial charge in [0.15, 0.2) is 11.5 Å². The molecule has 0 bridgehead atoms. The molecule has 6 nitrogen and oxygen atoms in total. The zero-order chi connectivity index (χ0) is 18.7. The van der Waals surface area contributed by atoms with Crippen molar-refractivity contribution in [1.82, 2.24) is 4.90 Å². The number of amides is 1. The molecular weight excluding hydrogens is 398 g/mol. The van der Waals surface area contributed by atoms with Crippen LogP contribution in [-0.4, -0.2) is 39.5 Å². The van der Waals surface area contributed by atoms with E-state index in [1.165, 1.54) is 11.8 Å². The lowest BCUT2D eigenvalue weighted by molar-refractivity contribution is -0.137. The summed E-state index contributed by atoms with van der Waals surface area (Å²) >= 11 is 12.7. The predicted octanol–water partition coefficient (Wildman–Crippen LogP) is 3.91. The van der Waals surface area contributed by atoms with E-state index in [1.807, 2.05) is 0 Å². The largest absolute Gasteiger partial charge is 0.481 e. The van der Waals surface area contributed by atoms with Crippen LogP contribution in [0.3, 0.4) is 0 Å². The van der Waals surface area contributed by atoms with E-state index in [0.717, 1.165) is 12.0 Å². The Morgan fingerprint density at radius 2 is 2.15 bits per heavy atom. The van der Waals surface area contributed by atoms with Crippen LogP contribution in [0.4, 0.5) is 0 Å². The molecule has 0 atom stereocenters. The van der Waals surface area contributed by atoms with Crippen molar-refractivity contribution < 1.29 is 24.2 Å². The van der Waals surface area contributed by atoms with E-state index in [9.17, 15) is 9.59 Å². The van der Waals surface area contributed by atoms with Gasteiger partial charge in [0.25, 0.3) is 5.91 Å². The minimum Gasteiger partial charge on any atom is -0.481 e. The highest BCUT2D eigenvalue weighted by atomic mass is 35.5. The quantitative estimate of drug-likeness (QED) is 0.412. The van der Waals surface area contributed by atoms with Crippen LogP contribution in [0.25, 0.3) is 6.08 Å². The Morgan fingerprint density at radius 3 is 2.92 bits per heavy atom. The molecule has 0 saturated carbocycles. The molecule has 1 N–H and O–H groups in total. The number of thioether (sulfide) groups is 1. The number of halogens is 1. The second kappa shape index (κ2) is 8.28. The van der Waals surface area contributed by atoms with Crippen molar-refractivity contribution in [1.29, 1.82) is 0 Å². The zero-order valence-corrected chi connectivity index (χ0v) is 16.1. The van der Waals surface area contributed by atoms with Crippen molar-refractivity contribution in [2.24, 2.45) is 0 Å². The number of nitrogens with zero attached hydrogens (tertiary/aromatic N) is 1. The Balaban J connectivity index is 1.64. The summed E-state index contributed by atoms with van der Waals surface area (Å²) in [6.45, 7) is 0.617. The molecule has 2 heterocycles. The van der Waals surface area contributed by atoms with Gasteiger partial charge >= 0.3 is 5.97 Å². The molecule has 1 amide bonds. The number of rotatable bonds is 7. The van der Waals surface area contributed by atoms with Crippen LogP contribution in [0, 0.1) is 0 Å². The lowest BCUT2D eigenvalue weighted by Gasteiger charge is -2.13. The number of hydrogen-bond acceptors (Lipinski definition) is 6. The molecule has 3 rings (SSSR count).